The van der Waals surface area contributed by atoms with E-state index in [1.807, 2.05) is 0 Å². The number of ketones is 1. The number of carboxylic acid groups (broad SMARTS) is 2. The quantitative estimate of drug-likeness (QED) is 0.475. The Kier molecular flexibility index (Phi) is 6.74. The molecule has 0 atom stereocenters. The van der Waals surface area contributed by atoms with E-state index in [0.29, 0.717) is 0 Å². The Labute approximate surface area is 110 Å². The van der Waals surface area contributed by atoms with Gasteiger partial charge in [0.2, 0.25) is 0 Å². The average Bonchev–Trinajstić information content (AvgIpc) is 2.22. The predicted molar refractivity (Wildman–Crippen MR) is 63.5 cm³/mol. The minimum Gasteiger partial charge on any atom is -0.481 e. The summed E-state index contributed by atoms with van der Waals surface area (Å²) in [4.78, 5) is 43.3. The number of carbonyl (C=O) groups is 4. The Bertz CT molecular complexity index is 354. The van der Waals surface area contributed by atoms with E-state index in [2.05, 4.69) is 0 Å². The van der Waals surface area contributed by atoms with Crippen molar-refractivity contribution in [2.24, 2.45) is 0 Å². The number of rotatable bonds is 9. The summed E-state index contributed by atoms with van der Waals surface area (Å²) in [6.07, 6.45) is -0.902. The summed E-state index contributed by atoms with van der Waals surface area (Å²) in [6, 6.07) is 0. The highest BCUT2D eigenvalue weighted by Gasteiger charge is 2.30. The molecule has 2 N–H and O–H groups in total. The number of esters is 1. The van der Waals surface area contributed by atoms with Crippen molar-refractivity contribution in [3.8, 4) is 0 Å². The third kappa shape index (κ3) is 8.76. The van der Waals surface area contributed by atoms with Gasteiger partial charge in [-0.15, -0.1) is 0 Å². The molecule has 19 heavy (non-hydrogen) atoms. The van der Waals surface area contributed by atoms with Gasteiger partial charge in [0.15, 0.2) is 0 Å². The number of carboxylic acids is 2. The fourth-order valence-corrected chi connectivity index (χ4v) is 1.48. The summed E-state index contributed by atoms with van der Waals surface area (Å²) in [6.45, 7) is 2.70. The first-order valence-corrected chi connectivity index (χ1v) is 5.79. The van der Waals surface area contributed by atoms with E-state index in [9.17, 15) is 19.2 Å². The molecule has 0 heterocycles. The van der Waals surface area contributed by atoms with Crippen molar-refractivity contribution in [3.05, 3.63) is 0 Å². The van der Waals surface area contributed by atoms with E-state index in [-0.39, 0.29) is 31.5 Å². The fraction of sp³-hybridized carbons (Fsp3) is 0.667. The van der Waals surface area contributed by atoms with E-state index in [0.717, 1.165) is 0 Å². The minimum absolute atomic E-state index is 0.000736. The Morgan fingerprint density at radius 3 is 1.74 bits per heavy atom. The molecule has 0 aliphatic heterocycles. The molecule has 0 fully saturated rings. The Morgan fingerprint density at radius 2 is 1.42 bits per heavy atom. The molecule has 0 rings (SSSR count). The Hall–Kier alpha value is -1.92. The van der Waals surface area contributed by atoms with Gasteiger partial charge in [-0.1, -0.05) is 0 Å². The molecule has 0 bridgehead atoms. The second-order valence-electron chi connectivity index (χ2n) is 4.59. The van der Waals surface area contributed by atoms with Crippen LogP contribution in [0.25, 0.3) is 0 Å². The molecule has 0 aliphatic rings. The van der Waals surface area contributed by atoms with E-state index in [4.69, 9.17) is 14.9 Å². The summed E-state index contributed by atoms with van der Waals surface area (Å²) < 4.78 is 5.06. The SMILES string of the molecule is CC(=O)CC(=O)OC(C)(CCC(=O)O)CCC(=O)O. The zero-order chi connectivity index (χ0) is 15.1. The van der Waals surface area contributed by atoms with Crippen LogP contribution >= 0.6 is 0 Å². The third-order valence-electron chi connectivity index (χ3n) is 2.49. The number of carbonyl (C=O) groups excluding carboxylic acids is 2. The predicted octanol–water partition coefficient (Wildman–Crippen LogP) is 0.997. The van der Waals surface area contributed by atoms with Gasteiger partial charge >= 0.3 is 17.9 Å². The molecule has 0 unspecified atom stereocenters. The fourth-order valence-electron chi connectivity index (χ4n) is 1.48. The van der Waals surface area contributed by atoms with Crippen LogP contribution in [0.2, 0.25) is 0 Å². The van der Waals surface area contributed by atoms with Crippen LogP contribution in [-0.2, 0) is 23.9 Å². The van der Waals surface area contributed by atoms with E-state index < -0.39 is 29.9 Å². The van der Waals surface area contributed by atoms with Crippen molar-refractivity contribution in [1.29, 1.82) is 0 Å². The summed E-state index contributed by atoms with van der Waals surface area (Å²) in [5, 5.41) is 17.2. The number of ether oxygens (including phenoxy) is 1. The normalized spacial score (nSPS) is 10.8. The van der Waals surface area contributed by atoms with Gasteiger partial charge in [0.1, 0.15) is 17.8 Å². The van der Waals surface area contributed by atoms with Crippen LogP contribution in [0.15, 0.2) is 0 Å². The standard InChI is InChI=1S/C12H18O7/c1-8(13)7-11(18)19-12(2,5-3-9(14)15)6-4-10(16)17/h3-7H2,1-2H3,(H,14,15)(H,16,17). The van der Waals surface area contributed by atoms with Crippen molar-refractivity contribution >= 4 is 23.7 Å². The molecule has 108 valence electrons. The molecule has 0 aliphatic carbocycles. The summed E-state index contributed by atoms with van der Waals surface area (Å²) >= 11 is 0. The maximum Gasteiger partial charge on any atom is 0.313 e. The van der Waals surface area contributed by atoms with Crippen molar-refractivity contribution in [2.75, 3.05) is 0 Å². The molecule has 0 aromatic carbocycles. The van der Waals surface area contributed by atoms with Gasteiger partial charge in [-0.2, -0.15) is 0 Å². The van der Waals surface area contributed by atoms with Crippen LogP contribution in [0.3, 0.4) is 0 Å². The molecular formula is C12H18O7. The topological polar surface area (TPSA) is 118 Å². The van der Waals surface area contributed by atoms with Crippen molar-refractivity contribution < 1.29 is 34.1 Å². The Balaban J connectivity index is 4.62. The van der Waals surface area contributed by atoms with Crippen molar-refractivity contribution in [1.82, 2.24) is 0 Å². The molecule has 0 aromatic rings. The monoisotopic (exact) mass is 274 g/mol. The van der Waals surface area contributed by atoms with Gasteiger partial charge in [0.25, 0.3) is 0 Å². The molecule has 0 spiro atoms. The number of hydrogen-bond donors (Lipinski definition) is 2. The summed E-state index contributed by atoms with van der Waals surface area (Å²) in [5.41, 5.74) is -1.19. The van der Waals surface area contributed by atoms with E-state index in [1.165, 1.54) is 13.8 Å². The minimum atomic E-state index is -1.19. The van der Waals surface area contributed by atoms with Crippen LogP contribution in [0.4, 0.5) is 0 Å². The van der Waals surface area contributed by atoms with Gasteiger partial charge in [0, 0.05) is 12.8 Å². The maximum atomic E-state index is 11.4. The molecular weight excluding hydrogens is 256 g/mol. The smallest absolute Gasteiger partial charge is 0.313 e. The molecule has 0 saturated carbocycles. The third-order valence-corrected chi connectivity index (χ3v) is 2.49. The second-order valence-corrected chi connectivity index (χ2v) is 4.59. The lowest BCUT2D eigenvalue weighted by Crippen LogP contribution is -2.33. The van der Waals surface area contributed by atoms with Gasteiger partial charge < -0.3 is 14.9 Å². The molecule has 0 amide bonds. The lowest BCUT2D eigenvalue weighted by Gasteiger charge is -2.28. The molecule has 0 radical (unpaired) electrons. The maximum absolute atomic E-state index is 11.4. The van der Waals surface area contributed by atoms with Crippen molar-refractivity contribution in [3.63, 3.8) is 0 Å². The number of aliphatic carboxylic acids is 2. The van der Waals surface area contributed by atoms with Gasteiger partial charge in [-0.25, -0.2) is 0 Å². The van der Waals surface area contributed by atoms with E-state index in [1.54, 1.807) is 0 Å². The number of hydrogen-bond acceptors (Lipinski definition) is 5. The second kappa shape index (κ2) is 7.50. The average molecular weight is 274 g/mol. The first-order chi connectivity index (χ1) is 8.64. The molecule has 7 heteroatoms. The lowest BCUT2D eigenvalue weighted by molar-refractivity contribution is -0.163. The molecule has 7 nitrogen and oxygen atoms in total. The van der Waals surface area contributed by atoms with Crippen LogP contribution in [-0.4, -0.2) is 39.5 Å². The zero-order valence-corrected chi connectivity index (χ0v) is 11.0. The first kappa shape index (κ1) is 17.1. The van der Waals surface area contributed by atoms with Crippen molar-refractivity contribution in [2.45, 2.75) is 51.6 Å². The van der Waals surface area contributed by atoms with Crippen LogP contribution < -0.4 is 0 Å². The largest absolute Gasteiger partial charge is 0.481 e. The molecule has 0 aromatic heterocycles. The molecule has 0 saturated heterocycles. The highest BCUT2D eigenvalue weighted by atomic mass is 16.6. The van der Waals surface area contributed by atoms with E-state index >= 15 is 0 Å². The Morgan fingerprint density at radius 1 is 1.00 bits per heavy atom. The first-order valence-electron chi connectivity index (χ1n) is 5.79. The van der Waals surface area contributed by atoms with Crippen LogP contribution in [0.1, 0.15) is 46.0 Å². The highest BCUT2D eigenvalue weighted by Crippen LogP contribution is 2.24. The van der Waals surface area contributed by atoms with Gasteiger partial charge in [0.05, 0.1) is 0 Å². The zero-order valence-electron chi connectivity index (χ0n) is 11.0. The summed E-state index contributed by atoms with van der Waals surface area (Å²) in [5.74, 6) is -3.28. The highest BCUT2D eigenvalue weighted by molar-refractivity contribution is 5.94. The van der Waals surface area contributed by atoms with Crippen LogP contribution in [0, 0.1) is 0 Å². The lowest BCUT2D eigenvalue weighted by atomic mass is 9.94. The van der Waals surface area contributed by atoms with Gasteiger partial charge in [-0.05, 0) is 26.7 Å². The van der Waals surface area contributed by atoms with Crippen LogP contribution in [0.5, 0.6) is 0 Å². The summed E-state index contributed by atoms with van der Waals surface area (Å²) in [7, 11) is 0. The van der Waals surface area contributed by atoms with Gasteiger partial charge in [-0.3, -0.25) is 19.2 Å². The number of Topliss-reactive ketones (excluding diaryl/α,β-unsaturated/α-hetero) is 1.